The van der Waals surface area contributed by atoms with Crippen LogP contribution in [0.2, 0.25) is 0 Å². The molecule has 2 aromatic rings. The van der Waals surface area contributed by atoms with Crippen molar-refractivity contribution in [3.05, 3.63) is 70.5 Å². The van der Waals surface area contributed by atoms with Crippen LogP contribution >= 0.6 is 23.5 Å². The van der Waals surface area contributed by atoms with Crippen molar-refractivity contribution in [3.8, 4) is 0 Å². The molecule has 108 valence electrons. The van der Waals surface area contributed by atoms with Crippen LogP contribution in [0.15, 0.2) is 80.3 Å². The fourth-order valence-corrected chi connectivity index (χ4v) is 4.99. The van der Waals surface area contributed by atoms with Crippen molar-refractivity contribution in [1.82, 2.24) is 0 Å². The standard InChI is InChI=1S/C19H20S2/c1-4-10-16(11-5-1)19(20-17-12-6-2-7-13-17)21-18-14-8-3-9-15-18/h2-3,6-9,12-15H,1,4-5,10-11H2. The fourth-order valence-electron chi connectivity index (χ4n) is 2.54. The first-order valence-electron chi connectivity index (χ1n) is 7.59. The third-order valence-electron chi connectivity index (χ3n) is 3.65. The van der Waals surface area contributed by atoms with Gasteiger partial charge in [0.05, 0.1) is 0 Å². The molecule has 0 atom stereocenters. The Bertz CT molecular complexity index is 536. The second kappa shape index (κ2) is 7.77. The Hall–Kier alpha value is -1.12. The van der Waals surface area contributed by atoms with Gasteiger partial charge in [-0.3, -0.25) is 0 Å². The van der Waals surface area contributed by atoms with Gasteiger partial charge in [-0.2, -0.15) is 0 Å². The van der Waals surface area contributed by atoms with Crippen LogP contribution in [0, 0.1) is 0 Å². The predicted molar refractivity (Wildman–Crippen MR) is 94.7 cm³/mol. The van der Waals surface area contributed by atoms with Crippen molar-refractivity contribution in [2.75, 3.05) is 0 Å². The lowest BCUT2D eigenvalue weighted by Crippen LogP contribution is -1.95. The molecule has 1 saturated carbocycles. The zero-order valence-corrected chi connectivity index (χ0v) is 13.8. The van der Waals surface area contributed by atoms with Crippen molar-refractivity contribution in [1.29, 1.82) is 0 Å². The number of allylic oxidation sites excluding steroid dienone is 1. The maximum absolute atomic E-state index is 2.21. The van der Waals surface area contributed by atoms with Gasteiger partial charge in [-0.15, -0.1) is 0 Å². The van der Waals surface area contributed by atoms with Crippen LogP contribution in [0.3, 0.4) is 0 Å². The highest BCUT2D eigenvalue weighted by Crippen LogP contribution is 2.44. The van der Waals surface area contributed by atoms with Crippen molar-refractivity contribution in [2.24, 2.45) is 0 Å². The highest BCUT2D eigenvalue weighted by atomic mass is 32.2. The molecule has 1 aliphatic carbocycles. The van der Waals surface area contributed by atoms with Gasteiger partial charge in [-0.1, -0.05) is 66.3 Å². The smallest absolute Gasteiger partial charge is 0.0490 e. The van der Waals surface area contributed by atoms with Gasteiger partial charge in [-0.25, -0.2) is 0 Å². The van der Waals surface area contributed by atoms with E-state index in [2.05, 4.69) is 60.7 Å². The van der Waals surface area contributed by atoms with Crippen LogP contribution in [0.4, 0.5) is 0 Å². The Morgan fingerprint density at radius 3 is 1.57 bits per heavy atom. The largest absolute Gasteiger partial charge is 0.0828 e. The molecule has 1 aliphatic rings. The zero-order chi connectivity index (χ0) is 14.3. The van der Waals surface area contributed by atoms with Gasteiger partial charge in [0.2, 0.25) is 0 Å². The van der Waals surface area contributed by atoms with E-state index in [4.69, 9.17) is 0 Å². The van der Waals surface area contributed by atoms with Crippen molar-refractivity contribution in [3.63, 3.8) is 0 Å². The summed E-state index contributed by atoms with van der Waals surface area (Å²) in [5.74, 6) is 0. The Balaban J connectivity index is 1.84. The molecule has 1 fully saturated rings. The minimum Gasteiger partial charge on any atom is -0.0828 e. The lowest BCUT2D eigenvalue weighted by molar-refractivity contribution is 0.599. The summed E-state index contributed by atoms with van der Waals surface area (Å²) in [5, 5.41) is 0. The number of hydrogen-bond donors (Lipinski definition) is 0. The van der Waals surface area contributed by atoms with E-state index in [9.17, 15) is 0 Å². The van der Waals surface area contributed by atoms with Gasteiger partial charge in [0.15, 0.2) is 0 Å². The third-order valence-corrected chi connectivity index (χ3v) is 6.12. The summed E-state index contributed by atoms with van der Waals surface area (Å²) in [4.78, 5) is 2.68. The molecule has 0 N–H and O–H groups in total. The molecule has 0 saturated heterocycles. The van der Waals surface area contributed by atoms with Gasteiger partial charge >= 0.3 is 0 Å². The monoisotopic (exact) mass is 312 g/mol. The molecule has 0 aromatic heterocycles. The van der Waals surface area contributed by atoms with Crippen molar-refractivity contribution < 1.29 is 0 Å². The second-order valence-electron chi connectivity index (χ2n) is 5.28. The van der Waals surface area contributed by atoms with Gasteiger partial charge in [-0.05, 0) is 55.5 Å². The zero-order valence-electron chi connectivity index (χ0n) is 12.1. The number of benzene rings is 2. The molecule has 0 heterocycles. The SMILES string of the molecule is c1ccc(SC(Sc2ccccc2)=C2CCCCC2)cc1. The molecular weight excluding hydrogens is 292 g/mol. The van der Waals surface area contributed by atoms with E-state index in [-0.39, 0.29) is 0 Å². The minimum absolute atomic E-state index is 1.27. The van der Waals surface area contributed by atoms with E-state index >= 15 is 0 Å². The second-order valence-corrected chi connectivity index (χ2v) is 7.71. The summed E-state index contributed by atoms with van der Waals surface area (Å²) in [6.45, 7) is 0. The molecule has 0 aliphatic heterocycles. The molecule has 2 aromatic carbocycles. The number of hydrogen-bond acceptors (Lipinski definition) is 2. The van der Waals surface area contributed by atoms with Crippen LogP contribution in [-0.4, -0.2) is 0 Å². The Morgan fingerprint density at radius 1 is 0.619 bits per heavy atom. The molecule has 0 nitrogen and oxygen atoms in total. The molecule has 0 amide bonds. The van der Waals surface area contributed by atoms with Gasteiger partial charge in [0.1, 0.15) is 0 Å². The van der Waals surface area contributed by atoms with Gasteiger partial charge in [0.25, 0.3) is 0 Å². The molecule has 3 rings (SSSR count). The molecule has 0 unspecified atom stereocenters. The maximum atomic E-state index is 2.21. The summed E-state index contributed by atoms with van der Waals surface area (Å²) in [7, 11) is 0. The summed E-state index contributed by atoms with van der Waals surface area (Å²) in [6, 6.07) is 21.5. The molecule has 2 heteroatoms. The first-order chi connectivity index (χ1) is 10.4. The van der Waals surface area contributed by atoms with Crippen molar-refractivity contribution >= 4 is 23.5 Å². The lowest BCUT2D eigenvalue weighted by atomic mass is 9.96. The van der Waals surface area contributed by atoms with E-state index in [1.807, 2.05) is 23.5 Å². The van der Waals surface area contributed by atoms with E-state index in [1.165, 1.54) is 46.1 Å². The minimum atomic E-state index is 1.27. The van der Waals surface area contributed by atoms with E-state index in [0.29, 0.717) is 0 Å². The average Bonchev–Trinajstić information content (AvgIpc) is 2.57. The summed E-state index contributed by atoms with van der Waals surface area (Å²) in [5.41, 5.74) is 1.66. The van der Waals surface area contributed by atoms with Crippen molar-refractivity contribution in [2.45, 2.75) is 41.9 Å². The van der Waals surface area contributed by atoms with Gasteiger partial charge < -0.3 is 0 Å². The number of rotatable bonds is 4. The van der Waals surface area contributed by atoms with Crippen LogP contribution in [0.25, 0.3) is 0 Å². The topological polar surface area (TPSA) is 0 Å². The van der Waals surface area contributed by atoms with Crippen LogP contribution in [0.1, 0.15) is 32.1 Å². The highest BCUT2D eigenvalue weighted by molar-refractivity contribution is 8.22. The first kappa shape index (κ1) is 14.8. The number of thioether (sulfide) groups is 2. The van der Waals surface area contributed by atoms with Gasteiger partial charge in [0, 0.05) is 14.0 Å². The summed E-state index contributed by atoms with van der Waals surface area (Å²) < 4.78 is 1.49. The highest BCUT2D eigenvalue weighted by Gasteiger charge is 2.14. The summed E-state index contributed by atoms with van der Waals surface area (Å²) in [6.07, 6.45) is 6.64. The lowest BCUT2D eigenvalue weighted by Gasteiger charge is -2.18. The molecule has 0 spiro atoms. The molecule has 0 radical (unpaired) electrons. The van der Waals surface area contributed by atoms with Crippen LogP contribution < -0.4 is 0 Å². The molecule has 0 bridgehead atoms. The van der Waals surface area contributed by atoms with E-state index in [0.717, 1.165) is 0 Å². The fraction of sp³-hybridized carbons (Fsp3) is 0.263. The molecular formula is C19H20S2. The molecule has 21 heavy (non-hydrogen) atoms. The third kappa shape index (κ3) is 4.42. The first-order valence-corrected chi connectivity index (χ1v) is 9.23. The normalized spacial score (nSPS) is 15.0. The van der Waals surface area contributed by atoms with Crippen LogP contribution in [0.5, 0.6) is 0 Å². The Labute approximate surface area is 136 Å². The Kier molecular flexibility index (Phi) is 5.47. The van der Waals surface area contributed by atoms with E-state index < -0.39 is 0 Å². The van der Waals surface area contributed by atoms with E-state index in [1.54, 1.807) is 5.57 Å². The maximum Gasteiger partial charge on any atom is 0.0490 e. The average molecular weight is 313 g/mol. The predicted octanol–water partition coefficient (Wildman–Crippen LogP) is 6.75. The quantitative estimate of drug-likeness (QED) is 0.573. The van der Waals surface area contributed by atoms with Crippen LogP contribution in [-0.2, 0) is 0 Å². The Morgan fingerprint density at radius 2 is 1.10 bits per heavy atom. The summed E-state index contributed by atoms with van der Waals surface area (Å²) >= 11 is 3.87.